The van der Waals surface area contributed by atoms with Crippen molar-refractivity contribution in [3.05, 3.63) is 52.5 Å². The summed E-state index contributed by atoms with van der Waals surface area (Å²) >= 11 is 1.17. The van der Waals surface area contributed by atoms with E-state index >= 15 is 0 Å². The van der Waals surface area contributed by atoms with E-state index in [0.29, 0.717) is 40.0 Å². The molecule has 4 rings (SSSR count). The Morgan fingerprint density at radius 3 is 2.79 bits per heavy atom. The smallest absolute Gasteiger partial charge is 0.416 e. The number of ether oxygens (including phenoxy) is 2. The fraction of sp³-hybridized carbons (Fsp3) is 0.200. The number of nitrogens with zero attached hydrogens (tertiary/aromatic N) is 2. The van der Waals surface area contributed by atoms with E-state index < -0.39 is 11.7 Å². The van der Waals surface area contributed by atoms with Crippen molar-refractivity contribution in [1.29, 1.82) is 5.26 Å². The lowest BCUT2D eigenvalue weighted by atomic mass is 10.1. The minimum atomic E-state index is -4.44. The number of hydrogen-bond donors (Lipinski definition) is 0. The first-order valence-electron chi connectivity index (χ1n) is 8.44. The van der Waals surface area contributed by atoms with Crippen LogP contribution in [0.25, 0.3) is 21.9 Å². The second-order valence-corrected chi connectivity index (χ2v) is 7.12. The normalized spacial score (nSPS) is 14.6. The maximum Gasteiger partial charge on any atom is 0.416 e. The molecule has 0 saturated heterocycles. The summed E-state index contributed by atoms with van der Waals surface area (Å²) in [7, 11) is 0. The van der Waals surface area contributed by atoms with Crippen LogP contribution in [0.15, 0.2) is 36.4 Å². The first-order valence-corrected chi connectivity index (χ1v) is 9.26. The fourth-order valence-electron chi connectivity index (χ4n) is 2.85. The van der Waals surface area contributed by atoms with Crippen molar-refractivity contribution >= 4 is 33.2 Å². The molecule has 8 heteroatoms. The summed E-state index contributed by atoms with van der Waals surface area (Å²) in [5, 5.41) is 9.96. The molecular weight excluding hydrogens is 389 g/mol. The van der Waals surface area contributed by atoms with Gasteiger partial charge in [-0.3, -0.25) is 0 Å². The second kappa shape index (κ2) is 7.17. The van der Waals surface area contributed by atoms with Gasteiger partial charge in [0.15, 0.2) is 11.5 Å². The molecule has 0 saturated carbocycles. The number of para-hydroxylation sites is 1. The highest BCUT2D eigenvalue weighted by Gasteiger charge is 2.30. The third kappa shape index (κ3) is 3.53. The molecule has 3 aromatic rings. The van der Waals surface area contributed by atoms with Gasteiger partial charge in [0, 0.05) is 12.0 Å². The van der Waals surface area contributed by atoms with Crippen molar-refractivity contribution in [2.75, 3.05) is 13.2 Å². The number of halogens is 3. The SMILES string of the molecule is N#C/C(=C/c1cccc2c1OCCCO2)c1nc2cc(C(F)(F)F)ccc2s1. The summed E-state index contributed by atoms with van der Waals surface area (Å²) < 4.78 is 50.7. The summed E-state index contributed by atoms with van der Waals surface area (Å²) in [6, 6.07) is 10.8. The molecule has 0 amide bonds. The number of rotatable bonds is 2. The van der Waals surface area contributed by atoms with Gasteiger partial charge in [0.1, 0.15) is 11.1 Å². The van der Waals surface area contributed by atoms with E-state index in [9.17, 15) is 18.4 Å². The number of alkyl halides is 3. The molecule has 0 fully saturated rings. The maximum atomic E-state index is 12.9. The average molecular weight is 402 g/mol. The van der Waals surface area contributed by atoms with Crippen LogP contribution in [-0.4, -0.2) is 18.2 Å². The minimum Gasteiger partial charge on any atom is -0.490 e. The first kappa shape index (κ1) is 18.3. The zero-order valence-electron chi connectivity index (χ0n) is 14.4. The minimum absolute atomic E-state index is 0.211. The fourth-order valence-corrected chi connectivity index (χ4v) is 3.76. The van der Waals surface area contributed by atoms with Crippen LogP contribution in [-0.2, 0) is 6.18 Å². The standard InChI is InChI=1S/C20H13F3N2O2S/c21-20(22,23)14-5-6-17-15(10-14)25-19(28-17)13(11-24)9-12-3-1-4-16-18(12)27-8-2-7-26-16/h1,3-6,9-10H,2,7-8H2/b13-9-. The third-order valence-corrected chi connectivity index (χ3v) is 5.24. The van der Waals surface area contributed by atoms with Crippen molar-refractivity contribution < 1.29 is 22.6 Å². The Bertz CT molecular complexity index is 1110. The van der Waals surface area contributed by atoms with Gasteiger partial charge < -0.3 is 9.47 Å². The molecule has 0 unspecified atom stereocenters. The van der Waals surface area contributed by atoms with Crippen LogP contribution in [0.5, 0.6) is 11.5 Å². The van der Waals surface area contributed by atoms with Gasteiger partial charge in [-0.1, -0.05) is 12.1 Å². The lowest BCUT2D eigenvalue weighted by Gasteiger charge is -2.10. The Kier molecular flexibility index (Phi) is 4.69. The van der Waals surface area contributed by atoms with Crippen molar-refractivity contribution in [1.82, 2.24) is 4.98 Å². The number of fused-ring (bicyclic) bond motifs is 2. The number of aromatic nitrogens is 1. The molecule has 0 bridgehead atoms. The zero-order valence-corrected chi connectivity index (χ0v) is 15.2. The van der Waals surface area contributed by atoms with Crippen LogP contribution in [0.2, 0.25) is 0 Å². The number of benzene rings is 2. The van der Waals surface area contributed by atoms with E-state index in [1.807, 2.05) is 0 Å². The van der Waals surface area contributed by atoms with Gasteiger partial charge in [-0.05, 0) is 30.3 Å². The second-order valence-electron chi connectivity index (χ2n) is 6.09. The van der Waals surface area contributed by atoms with Gasteiger partial charge in [0.05, 0.1) is 34.6 Å². The first-order chi connectivity index (χ1) is 13.5. The van der Waals surface area contributed by atoms with Gasteiger partial charge in [-0.15, -0.1) is 11.3 Å². The Hall–Kier alpha value is -3.05. The molecule has 28 heavy (non-hydrogen) atoms. The van der Waals surface area contributed by atoms with Crippen LogP contribution >= 0.6 is 11.3 Å². The van der Waals surface area contributed by atoms with Crippen molar-refractivity contribution in [2.45, 2.75) is 12.6 Å². The van der Waals surface area contributed by atoms with Crippen LogP contribution in [0.3, 0.4) is 0 Å². The lowest BCUT2D eigenvalue weighted by Crippen LogP contribution is -2.03. The van der Waals surface area contributed by atoms with Gasteiger partial charge in [0.25, 0.3) is 0 Å². The summed E-state index contributed by atoms with van der Waals surface area (Å²) in [6.07, 6.45) is -2.07. The molecule has 1 aliphatic heterocycles. The maximum absolute atomic E-state index is 12.9. The topological polar surface area (TPSA) is 55.1 Å². The molecule has 0 N–H and O–H groups in total. The van der Waals surface area contributed by atoms with Gasteiger partial charge >= 0.3 is 6.18 Å². The molecule has 1 aliphatic rings. The lowest BCUT2D eigenvalue weighted by molar-refractivity contribution is -0.137. The highest BCUT2D eigenvalue weighted by molar-refractivity contribution is 7.19. The molecule has 0 spiro atoms. The molecular formula is C20H13F3N2O2S. The Morgan fingerprint density at radius 1 is 1.18 bits per heavy atom. The van der Waals surface area contributed by atoms with Crippen molar-refractivity contribution in [3.8, 4) is 17.6 Å². The van der Waals surface area contributed by atoms with Crippen molar-refractivity contribution in [2.24, 2.45) is 0 Å². The molecule has 0 aliphatic carbocycles. The molecule has 0 atom stereocenters. The summed E-state index contributed by atoms with van der Waals surface area (Å²) in [4.78, 5) is 4.24. The summed E-state index contributed by atoms with van der Waals surface area (Å²) in [5.41, 5.74) is 0.350. The van der Waals surface area contributed by atoms with Crippen LogP contribution in [0.4, 0.5) is 13.2 Å². The van der Waals surface area contributed by atoms with E-state index in [4.69, 9.17) is 9.47 Å². The van der Waals surface area contributed by atoms with E-state index in [0.717, 1.165) is 18.6 Å². The highest BCUT2D eigenvalue weighted by atomic mass is 32.1. The van der Waals surface area contributed by atoms with Gasteiger partial charge in [-0.25, -0.2) is 4.98 Å². The summed E-state index contributed by atoms with van der Waals surface area (Å²) in [6.45, 7) is 1.05. The highest BCUT2D eigenvalue weighted by Crippen LogP contribution is 2.37. The van der Waals surface area contributed by atoms with Gasteiger partial charge in [0.2, 0.25) is 0 Å². The molecule has 142 valence electrons. The molecule has 2 heterocycles. The molecule has 4 nitrogen and oxygen atoms in total. The van der Waals surface area contributed by atoms with Crippen LogP contribution < -0.4 is 9.47 Å². The zero-order chi connectivity index (χ0) is 19.7. The predicted octanol–water partition coefficient (Wildman–Crippen LogP) is 5.54. The van der Waals surface area contributed by atoms with E-state index in [2.05, 4.69) is 11.1 Å². The van der Waals surface area contributed by atoms with Gasteiger partial charge in [-0.2, -0.15) is 18.4 Å². The number of nitriles is 1. The van der Waals surface area contributed by atoms with Crippen LogP contribution in [0, 0.1) is 11.3 Å². The number of thiazole rings is 1. The van der Waals surface area contributed by atoms with E-state index in [-0.39, 0.29) is 11.1 Å². The largest absolute Gasteiger partial charge is 0.490 e. The molecule has 2 aromatic carbocycles. The van der Waals surface area contributed by atoms with E-state index in [1.54, 1.807) is 24.3 Å². The third-order valence-electron chi connectivity index (χ3n) is 4.17. The Balaban J connectivity index is 1.77. The van der Waals surface area contributed by atoms with Crippen molar-refractivity contribution in [3.63, 3.8) is 0 Å². The summed E-state index contributed by atoms with van der Waals surface area (Å²) in [5.74, 6) is 1.15. The number of allylic oxidation sites excluding steroid dienone is 1. The average Bonchev–Trinajstić information content (AvgIpc) is 2.94. The predicted molar refractivity (Wildman–Crippen MR) is 100 cm³/mol. The van der Waals surface area contributed by atoms with Crippen LogP contribution in [0.1, 0.15) is 22.6 Å². The number of hydrogen-bond acceptors (Lipinski definition) is 5. The Labute approximate surface area is 162 Å². The quantitative estimate of drug-likeness (QED) is 0.528. The monoisotopic (exact) mass is 402 g/mol. The Morgan fingerprint density at radius 2 is 2.00 bits per heavy atom. The molecule has 1 aromatic heterocycles. The molecule has 0 radical (unpaired) electrons. The van der Waals surface area contributed by atoms with E-state index in [1.165, 1.54) is 17.4 Å².